The SMILES string of the molecule is CC[C@H](C)[C@@H]1NC(=O)[C@@H]2CCCN2C(=O)[C@H](Cc2ccccc2)N(C)C(=O)[C@H](C(C)(C)C)NC(=O)c2csc(n2)[C@H]([C@@H](C)CC)NC(=O)[C@@H]2CCCN2C1=O. The van der Waals surface area contributed by atoms with Crippen LogP contribution in [0.15, 0.2) is 35.7 Å². The number of nitrogens with one attached hydrogen (secondary N) is 3. The van der Waals surface area contributed by atoms with Gasteiger partial charge in [-0.3, -0.25) is 28.8 Å². The first-order valence-corrected chi connectivity index (χ1v) is 20.7. The van der Waals surface area contributed by atoms with Crippen LogP contribution in [0, 0.1) is 17.3 Å². The van der Waals surface area contributed by atoms with Crippen molar-refractivity contribution in [3.63, 3.8) is 0 Å². The maximum Gasteiger partial charge on any atom is 0.271 e. The zero-order valence-corrected chi connectivity index (χ0v) is 34.4. The van der Waals surface area contributed by atoms with E-state index in [1.807, 2.05) is 78.8 Å². The molecule has 2 bridgehead atoms. The monoisotopic (exact) mass is 777 g/mol. The van der Waals surface area contributed by atoms with E-state index in [1.165, 1.54) is 21.1 Å². The highest BCUT2D eigenvalue weighted by molar-refractivity contribution is 7.09. The van der Waals surface area contributed by atoms with E-state index in [2.05, 4.69) is 16.0 Å². The Hall–Kier alpha value is -4.33. The van der Waals surface area contributed by atoms with Gasteiger partial charge in [0.2, 0.25) is 29.5 Å². The van der Waals surface area contributed by atoms with Crippen molar-refractivity contribution in [2.24, 2.45) is 17.3 Å². The molecule has 5 rings (SSSR count). The number of hydrogen-bond donors (Lipinski definition) is 3. The van der Waals surface area contributed by atoms with Crippen molar-refractivity contribution in [3.8, 4) is 0 Å². The molecule has 0 radical (unpaired) electrons. The zero-order chi connectivity index (χ0) is 40.2. The minimum Gasteiger partial charge on any atom is -0.345 e. The largest absolute Gasteiger partial charge is 0.345 e. The number of aromatic nitrogens is 1. The lowest BCUT2D eigenvalue weighted by Crippen LogP contribution is -2.61. The Bertz CT molecular complexity index is 1730. The van der Waals surface area contributed by atoms with Crippen LogP contribution in [-0.2, 0) is 30.4 Å². The summed E-state index contributed by atoms with van der Waals surface area (Å²) in [5.74, 6) is -2.74. The third-order valence-corrected chi connectivity index (χ3v) is 12.7. The van der Waals surface area contributed by atoms with Crippen molar-refractivity contribution in [3.05, 3.63) is 52.0 Å². The molecular weight excluding hydrogens is 719 g/mol. The molecule has 1 aromatic carbocycles. The van der Waals surface area contributed by atoms with Crippen LogP contribution in [0.4, 0.5) is 0 Å². The van der Waals surface area contributed by atoms with Crippen LogP contribution >= 0.6 is 11.3 Å². The summed E-state index contributed by atoms with van der Waals surface area (Å²) in [5, 5.41) is 11.3. The number of rotatable bonds is 6. The smallest absolute Gasteiger partial charge is 0.271 e. The van der Waals surface area contributed by atoms with Crippen LogP contribution in [0.1, 0.15) is 114 Å². The molecule has 4 heterocycles. The zero-order valence-electron chi connectivity index (χ0n) is 33.6. The van der Waals surface area contributed by atoms with Gasteiger partial charge in [0.1, 0.15) is 40.9 Å². The normalized spacial score (nSPS) is 27.5. The number of benzene rings is 1. The molecule has 1 aromatic heterocycles. The van der Waals surface area contributed by atoms with Gasteiger partial charge in [0, 0.05) is 31.9 Å². The number of likely N-dealkylation sites (N-methyl/N-ethyl adjacent to an activating group) is 1. The summed E-state index contributed by atoms with van der Waals surface area (Å²) in [7, 11) is 1.57. The lowest BCUT2D eigenvalue weighted by molar-refractivity contribution is -0.149. The minimum absolute atomic E-state index is 0.0451. The predicted molar refractivity (Wildman–Crippen MR) is 211 cm³/mol. The summed E-state index contributed by atoms with van der Waals surface area (Å²) >= 11 is 1.26. The molecule has 2 saturated heterocycles. The van der Waals surface area contributed by atoms with E-state index in [1.54, 1.807) is 17.3 Å². The Balaban J connectivity index is 1.60. The maximum atomic E-state index is 14.7. The van der Waals surface area contributed by atoms with Gasteiger partial charge < -0.3 is 30.7 Å². The van der Waals surface area contributed by atoms with Gasteiger partial charge in [-0.05, 0) is 48.5 Å². The standard InChI is InChI=1S/C41H59N7O6S/c1-9-24(3)31-37-42-27(23-55-37)34(49)45-33(41(5,6)7)40(54)46(8)30(22-26-16-12-11-13-17-26)38(52)47-20-14-18-28(47)36(51)44-32(25(4)10-2)39(53)48-21-15-19-29(48)35(50)43-31/h11-13,16-17,23-25,28-33H,9-10,14-15,18-22H2,1-8H3,(H,43,50)(H,44,51)(H,45,49)/t24-,25-,28-,29-,30-,31-,32-,33+/m0/s1. The lowest BCUT2D eigenvalue weighted by Gasteiger charge is -2.38. The summed E-state index contributed by atoms with van der Waals surface area (Å²) < 4.78 is 0. The second-order valence-electron chi connectivity index (χ2n) is 16.6. The molecule has 3 aliphatic rings. The predicted octanol–water partition coefficient (Wildman–Crippen LogP) is 4.09. The summed E-state index contributed by atoms with van der Waals surface area (Å²) in [6.45, 7) is 14.1. The first-order valence-electron chi connectivity index (χ1n) is 19.9. The van der Waals surface area contributed by atoms with Crippen LogP contribution in [0.5, 0.6) is 0 Å². The van der Waals surface area contributed by atoms with Gasteiger partial charge in [0.05, 0.1) is 6.04 Å². The highest BCUT2D eigenvalue weighted by Gasteiger charge is 2.45. The van der Waals surface area contributed by atoms with Crippen molar-refractivity contribution in [2.75, 3.05) is 20.1 Å². The summed E-state index contributed by atoms with van der Waals surface area (Å²) in [6, 6.07) is 4.35. The van der Waals surface area contributed by atoms with Gasteiger partial charge in [0.15, 0.2) is 0 Å². The molecule has 55 heavy (non-hydrogen) atoms. The number of fused-ring (bicyclic) bond motifs is 4. The van der Waals surface area contributed by atoms with E-state index >= 15 is 0 Å². The van der Waals surface area contributed by atoms with Gasteiger partial charge in [-0.2, -0.15) is 0 Å². The van der Waals surface area contributed by atoms with Crippen molar-refractivity contribution in [1.29, 1.82) is 0 Å². The molecule has 0 saturated carbocycles. The second kappa shape index (κ2) is 17.6. The average Bonchev–Trinajstić information content (AvgIpc) is 3.97. The molecule has 0 spiro atoms. The molecule has 3 aliphatic heterocycles. The molecule has 0 unspecified atom stereocenters. The summed E-state index contributed by atoms with van der Waals surface area (Å²) in [4.78, 5) is 95.1. The number of carbonyl (C=O) groups excluding carboxylic acids is 6. The fraction of sp³-hybridized carbons (Fsp3) is 0.634. The highest BCUT2D eigenvalue weighted by atomic mass is 32.1. The van der Waals surface area contributed by atoms with Gasteiger partial charge in [-0.25, -0.2) is 4.98 Å². The van der Waals surface area contributed by atoms with Gasteiger partial charge in [-0.15, -0.1) is 11.3 Å². The molecule has 300 valence electrons. The van der Waals surface area contributed by atoms with E-state index in [9.17, 15) is 28.8 Å². The topological polar surface area (TPSA) is 161 Å². The Labute approximate surface area is 329 Å². The Morgan fingerprint density at radius 3 is 1.89 bits per heavy atom. The number of amides is 6. The minimum atomic E-state index is -1.03. The molecular formula is C41H59N7O6S. The quantitative estimate of drug-likeness (QED) is 0.399. The Morgan fingerprint density at radius 1 is 0.782 bits per heavy atom. The van der Waals surface area contributed by atoms with Crippen molar-refractivity contribution < 1.29 is 28.8 Å². The van der Waals surface area contributed by atoms with E-state index in [0.717, 1.165) is 12.0 Å². The number of hydrogen-bond acceptors (Lipinski definition) is 8. The van der Waals surface area contributed by atoms with Crippen LogP contribution in [0.2, 0.25) is 0 Å². The van der Waals surface area contributed by atoms with Crippen LogP contribution in [0.25, 0.3) is 0 Å². The number of carbonyl (C=O) groups is 6. The molecule has 8 atom stereocenters. The molecule has 14 heteroatoms. The third-order valence-electron chi connectivity index (χ3n) is 11.7. The van der Waals surface area contributed by atoms with Crippen molar-refractivity contribution in [1.82, 2.24) is 35.6 Å². The maximum absolute atomic E-state index is 14.7. The second-order valence-corrected chi connectivity index (χ2v) is 17.5. The first-order chi connectivity index (χ1) is 26.1. The third kappa shape index (κ3) is 9.22. The van der Waals surface area contributed by atoms with Crippen LogP contribution in [0.3, 0.4) is 0 Å². The summed E-state index contributed by atoms with van der Waals surface area (Å²) in [6.07, 6.45) is 3.59. The first kappa shape index (κ1) is 41.8. The fourth-order valence-electron chi connectivity index (χ4n) is 7.81. The van der Waals surface area contributed by atoms with Crippen molar-refractivity contribution >= 4 is 46.8 Å². The van der Waals surface area contributed by atoms with Crippen LogP contribution in [-0.4, -0.2) is 105 Å². The van der Waals surface area contributed by atoms with E-state index in [4.69, 9.17) is 4.98 Å². The lowest BCUT2D eigenvalue weighted by atomic mass is 9.85. The Kier molecular flexibility index (Phi) is 13.4. The molecule has 0 aliphatic carbocycles. The number of thiazole rings is 1. The van der Waals surface area contributed by atoms with Crippen molar-refractivity contribution in [2.45, 2.75) is 130 Å². The van der Waals surface area contributed by atoms with Gasteiger partial charge in [0.25, 0.3) is 5.91 Å². The number of nitrogens with zero attached hydrogens (tertiary/aromatic N) is 4. The summed E-state index contributed by atoms with van der Waals surface area (Å²) in [5.41, 5.74) is 0.191. The van der Waals surface area contributed by atoms with E-state index in [-0.39, 0.29) is 41.7 Å². The molecule has 13 nitrogen and oxygen atoms in total. The van der Waals surface area contributed by atoms with Gasteiger partial charge in [-0.1, -0.05) is 91.6 Å². The molecule has 6 amide bonds. The molecule has 3 N–H and O–H groups in total. The fourth-order valence-corrected chi connectivity index (χ4v) is 8.80. The average molecular weight is 778 g/mol. The Morgan fingerprint density at radius 2 is 1.33 bits per heavy atom. The van der Waals surface area contributed by atoms with E-state index < -0.39 is 59.4 Å². The van der Waals surface area contributed by atoms with E-state index in [0.29, 0.717) is 50.2 Å². The van der Waals surface area contributed by atoms with Gasteiger partial charge >= 0.3 is 0 Å². The van der Waals surface area contributed by atoms with Crippen LogP contribution < -0.4 is 16.0 Å². The highest BCUT2D eigenvalue weighted by Crippen LogP contribution is 2.31. The molecule has 2 aromatic rings. The molecule has 2 fully saturated rings.